The summed E-state index contributed by atoms with van der Waals surface area (Å²) < 4.78 is 29.0. The largest absolute Gasteiger partial charge is 0.488 e. The first kappa shape index (κ1) is 20.2. The summed E-state index contributed by atoms with van der Waals surface area (Å²) in [5.41, 5.74) is 0.306. The number of ether oxygens (including phenoxy) is 2. The average Bonchev–Trinajstić information content (AvgIpc) is 3.15. The molecule has 0 spiro atoms. The number of methoxy groups -OCH3 is 1. The monoisotopic (exact) mass is 376 g/mol. The van der Waals surface area contributed by atoms with Gasteiger partial charge in [0.05, 0.1) is 12.9 Å². The Bertz CT molecular complexity index is 774. The molecule has 144 valence electrons. The molecule has 2 rings (SSSR count). The Balaban J connectivity index is 1.72. The second kappa shape index (κ2) is 10.8. The van der Waals surface area contributed by atoms with Gasteiger partial charge in [0.15, 0.2) is 11.6 Å². The minimum atomic E-state index is -0.583. The summed E-state index contributed by atoms with van der Waals surface area (Å²) in [5, 5.41) is 5.14. The van der Waals surface area contributed by atoms with Gasteiger partial charge in [0.25, 0.3) is 0 Å². The maximum atomic E-state index is 13.9. The van der Waals surface area contributed by atoms with Crippen molar-refractivity contribution in [1.82, 2.24) is 5.32 Å². The number of benzene rings is 1. The first-order valence-electron chi connectivity index (χ1n) is 8.29. The van der Waals surface area contributed by atoms with Crippen molar-refractivity contribution in [3.63, 3.8) is 0 Å². The molecule has 0 saturated carbocycles. The molecule has 0 unspecified atom stereocenters. The molecule has 0 aliphatic heterocycles. The maximum Gasteiger partial charge on any atom is 0.244 e. The lowest BCUT2D eigenvalue weighted by Gasteiger charge is -2.09. The van der Waals surface area contributed by atoms with Gasteiger partial charge in [0, 0.05) is 37.9 Å². The highest BCUT2D eigenvalue weighted by atomic mass is 19.1. The van der Waals surface area contributed by atoms with Crippen LogP contribution in [-0.2, 0) is 14.3 Å². The molecule has 1 heterocycles. The second-order valence-corrected chi connectivity index (χ2v) is 5.42. The minimum Gasteiger partial charge on any atom is -0.488 e. The van der Waals surface area contributed by atoms with Crippen LogP contribution in [0.2, 0.25) is 0 Å². The zero-order valence-corrected chi connectivity index (χ0v) is 14.9. The summed E-state index contributed by atoms with van der Waals surface area (Å²) in [6.07, 6.45) is 4.39. The number of hydrogen-bond donors (Lipinski definition) is 2. The highest BCUT2D eigenvalue weighted by Crippen LogP contribution is 2.21. The van der Waals surface area contributed by atoms with Crippen LogP contribution in [0.5, 0.6) is 5.75 Å². The first-order valence-corrected chi connectivity index (χ1v) is 8.29. The van der Waals surface area contributed by atoms with Gasteiger partial charge in [0.2, 0.25) is 11.8 Å². The van der Waals surface area contributed by atoms with E-state index < -0.39 is 5.82 Å². The van der Waals surface area contributed by atoms with Crippen molar-refractivity contribution in [1.29, 1.82) is 0 Å². The Morgan fingerprint density at radius 1 is 1.26 bits per heavy atom. The molecule has 1 aromatic heterocycles. The van der Waals surface area contributed by atoms with Crippen LogP contribution in [0.3, 0.4) is 0 Å². The molecule has 27 heavy (non-hydrogen) atoms. The van der Waals surface area contributed by atoms with Gasteiger partial charge in [-0.25, -0.2) is 4.39 Å². The molecule has 8 heteroatoms. The molecule has 0 aliphatic rings. The van der Waals surface area contributed by atoms with Crippen LogP contribution in [-0.4, -0.2) is 38.7 Å². The maximum absolute atomic E-state index is 13.9. The molecule has 0 fully saturated rings. The molecular weight excluding hydrogens is 355 g/mol. The summed E-state index contributed by atoms with van der Waals surface area (Å²) in [7, 11) is 1.52. The number of nitrogens with one attached hydrogen (secondary N) is 2. The SMILES string of the molecule is COCCOc1ccc(NC(=O)CCNC(=O)/C=C/c2ccco2)cc1F. The van der Waals surface area contributed by atoms with Crippen LogP contribution in [0.1, 0.15) is 12.2 Å². The van der Waals surface area contributed by atoms with E-state index in [-0.39, 0.29) is 37.1 Å². The van der Waals surface area contributed by atoms with Crippen LogP contribution < -0.4 is 15.4 Å². The smallest absolute Gasteiger partial charge is 0.244 e. The van der Waals surface area contributed by atoms with E-state index in [1.165, 1.54) is 43.7 Å². The number of carbonyl (C=O) groups is 2. The predicted octanol–water partition coefficient (Wildman–Crippen LogP) is 2.60. The number of carbonyl (C=O) groups excluding carboxylic acids is 2. The van der Waals surface area contributed by atoms with E-state index in [2.05, 4.69) is 10.6 Å². The fourth-order valence-corrected chi connectivity index (χ4v) is 2.06. The van der Waals surface area contributed by atoms with Crippen LogP contribution in [0.25, 0.3) is 6.08 Å². The zero-order chi connectivity index (χ0) is 19.5. The van der Waals surface area contributed by atoms with E-state index in [9.17, 15) is 14.0 Å². The summed E-state index contributed by atoms with van der Waals surface area (Å²) >= 11 is 0. The molecule has 0 aliphatic carbocycles. The third-order valence-electron chi connectivity index (χ3n) is 3.35. The van der Waals surface area contributed by atoms with Gasteiger partial charge >= 0.3 is 0 Å². The van der Waals surface area contributed by atoms with Crippen LogP contribution in [0.15, 0.2) is 47.1 Å². The predicted molar refractivity (Wildman–Crippen MR) is 97.8 cm³/mol. The van der Waals surface area contributed by atoms with Crippen molar-refractivity contribution >= 4 is 23.6 Å². The van der Waals surface area contributed by atoms with E-state index >= 15 is 0 Å². The number of hydrogen-bond acceptors (Lipinski definition) is 5. The third kappa shape index (κ3) is 7.33. The van der Waals surface area contributed by atoms with Crippen molar-refractivity contribution in [3.8, 4) is 5.75 Å². The van der Waals surface area contributed by atoms with E-state index in [1.54, 1.807) is 12.1 Å². The van der Waals surface area contributed by atoms with Crippen LogP contribution in [0, 0.1) is 5.82 Å². The molecule has 0 atom stereocenters. The Labute approximate surface area is 156 Å². The summed E-state index contributed by atoms with van der Waals surface area (Å²) in [4.78, 5) is 23.5. The first-order chi connectivity index (χ1) is 13.1. The Hall–Kier alpha value is -3.13. The molecule has 1 aromatic carbocycles. The summed E-state index contributed by atoms with van der Waals surface area (Å²) in [6.45, 7) is 0.724. The van der Waals surface area contributed by atoms with Crippen LogP contribution in [0.4, 0.5) is 10.1 Å². The van der Waals surface area contributed by atoms with E-state index in [0.717, 1.165) is 0 Å². The fraction of sp³-hybridized carbons (Fsp3) is 0.263. The highest BCUT2D eigenvalue weighted by Gasteiger charge is 2.08. The zero-order valence-electron chi connectivity index (χ0n) is 14.9. The molecule has 0 saturated heterocycles. The standard InChI is InChI=1S/C19H21FN2O5/c1-25-11-12-27-17-6-4-14(13-16(17)20)22-19(24)8-9-21-18(23)7-5-15-3-2-10-26-15/h2-7,10,13H,8-9,11-12H2,1H3,(H,21,23)(H,22,24)/b7-5+. The summed E-state index contributed by atoms with van der Waals surface area (Å²) in [5.74, 6) is -0.638. The molecule has 2 amide bonds. The number of amides is 2. The lowest BCUT2D eigenvalue weighted by Crippen LogP contribution is -2.26. The number of anilines is 1. The molecule has 7 nitrogen and oxygen atoms in total. The number of halogens is 1. The van der Waals surface area contributed by atoms with Crippen molar-refractivity contribution < 1.29 is 27.9 Å². The van der Waals surface area contributed by atoms with Gasteiger partial charge in [-0.15, -0.1) is 0 Å². The van der Waals surface area contributed by atoms with E-state index in [1.807, 2.05) is 0 Å². The number of furan rings is 1. The molecule has 0 radical (unpaired) electrons. The van der Waals surface area contributed by atoms with Crippen molar-refractivity contribution in [2.75, 3.05) is 32.2 Å². The quantitative estimate of drug-likeness (QED) is 0.491. The molecular formula is C19H21FN2O5. The van der Waals surface area contributed by atoms with Gasteiger partial charge in [-0.05, 0) is 30.3 Å². The molecule has 0 bridgehead atoms. The Morgan fingerprint density at radius 2 is 2.11 bits per heavy atom. The topological polar surface area (TPSA) is 89.8 Å². The van der Waals surface area contributed by atoms with Gasteiger partial charge in [0.1, 0.15) is 12.4 Å². The van der Waals surface area contributed by atoms with Crippen molar-refractivity contribution in [3.05, 3.63) is 54.2 Å². The molecule has 2 N–H and O–H groups in total. The minimum absolute atomic E-state index is 0.0496. The lowest BCUT2D eigenvalue weighted by atomic mass is 10.2. The van der Waals surface area contributed by atoms with Crippen molar-refractivity contribution in [2.45, 2.75) is 6.42 Å². The highest BCUT2D eigenvalue weighted by molar-refractivity contribution is 5.93. The van der Waals surface area contributed by atoms with Gasteiger partial charge < -0.3 is 24.5 Å². The second-order valence-electron chi connectivity index (χ2n) is 5.42. The normalized spacial score (nSPS) is 10.7. The summed E-state index contributed by atoms with van der Waals surface area (Å²) in [6, 6.07) is 7.56. The number of rotatable bonds is 10. The lowest BCUT2D eigenvalue weighted by molar-refractivity contribution is -0.117. The third-order valence-corrected chi connectivity index (χ3v) is 3.35. The van der Waals surface area contributed by atoms with Gasteiger partial charge in [-0.1, -0.05) is 0 Å². The van der Waals surface area contributed by atoms with E-state index in [4.69, 9.17) is 13.9 Å². The van der Waals surface area contributed by atoms with Crippen molar-refractivity contribution in [2.24, 2.45) is 0 Å². The van der Waals surface area contributed by atoms with Gasteiger partial charge in [-0.3, -0.25) is 9.59 Å². The average molecular weight is 376 g/mol. The Morgan fingerprint density at radius 3 is 2.81 bits per heavy atom. The van der Waals surface area contributed by atoms with E-state index in [0.29, 0.717) is 18.1 Å². The van der Waals surface area contributed by atoms with Crippen LogP contribution >= 0.6 is 0 Å². The van der Waals surface area contributed by atoms with Gasteiger partial charge in [-0.2, -0.15) is 0 Å². The molecule has 2 aromatic rings. The fourth-order valence-electron chi connectivity index (χ4n) is 2.06. The Kier molecular flexibility index (Phi) is 8.05.